The first-order valence-electron chi connectivity index (χ1n) is 8.03. The molecular formula is C16H20N6O2S. The summed E-state index contributed by atoms with van der Waals surface area (Å²) in [4.78, 5) is 15.7. The Morgan fingerprint density at radius 3 is 2.48 bits per heavy atom. The molecule has 1 aromatic carbocycles. The van der Waals surface area contributed by atoms with E-state index >= 15 is 0 Å². The molecule has 0 radical (unpaired) electrons. The number of nitrogens with zero attached hydrogens (tertiary/aromatic N) is 4. The minimum atomic E-state index is -3.43. The number of fused-ring (bicyclic) bond motifs is 1. The molecule has 0 aliphatic heterocycles. The highest BCUT2D eigenvalue weighted by molar-refractivity contribution is 7.89. The van der Waals surface area contributed by atoms with Gasteiger partial charge in [-0.25, -0.2) is 23.4 Å². The molecule has 3 rings (SSSR count). The van der Waals surface area contributed by atoms with Gasteiger partial charge in [0.25, 0.3) is 0 Å². The molecule has 0 aliphatic rings. The molecule has 0 amide bonds. The molecule has 8 nitrogen and oxygen atoms in total. The quantitative estimate of drug-likeness (QED) is 0.668. The number of rotatable bonds is 7. The molecule has 0 saturated heterocycles. The van der Waals surface area contributed by atoms with Crippen molar-refractivity contribution in [2.24, 2.45) is 0 Å². The summed E-state index contributed by atoms with van der Waals surface area (Å²) in [6.45, 7) is 5.08. The van der Waals surface area contributed by atoms with E-state index in [4.69, 9.17) is 0 Å². The van der Waals surface area contributed by atoms with Gasteiger partial charge in [0.05, 0.1) is 11.2 Å². The molecule has 2 aromatic heterocycles. The molecule has 0 bridgehead atoms. The smallest absolute Gasteiger partial charge is 0.243 e. The van der Waals surface area contributed by atoms with Crippen LogP contribution in [0, 0.1) is 0 Å². The monoisotopic (exact) mass is 360 g/mol. The van der Waals surface area contributed by atoms with E-state index < -0.39 is 10.0 Å². The molecular weight excluding hydrogens is 340 g/mol. The second-order valence-electron chi connectivity index (χ2n) is 5.41. The van der Waals surface area contributed by atoms with Gasteiger partial charge in [-0.3, -0.25) is 0 Å². The lowest BCUT2D eigenvalue weighted by atomic mass is 10.2. The molecule has 2 heterocycles. The Labute approximate surface area is 146 Å². The van der Waals surface area contributed by atoms with E-state index in [2.05, 4.69) is 25.3 Å². The first-order chi connectivity index (χ1) is 12.1. The number of imidazole rings is 1. The Morgan fingerprint density at radius 1 is 1.08 bits per heavy atom. The van der Waals surface area contributed by atoms with Crippen LogP contribution < -0.4 is 5.32 Å². The second kappa shape index (κ2) is 7.16. The molecule has 0 spiro atoms. The molecule has 2 N–H and O–H groups in total. The van der Waals surface area contributed by atoms with Crippen molar-refractivity contribution in [3.05, 3.63) is 42.5 Å². The van der Waals surface area contributed by atoms with E-state index in [1.54, 1.807) is 30.6 Å². The van der Waals surface area contributed by atoms with Gasteiger partial charge >= 0.3 is 0 Å². The average molecular weight is 360 g/mol. The minimum absolute atomic E-state index is 0.304. The van der Waals surface area contributed by atoms with E-state index in [1.807, 2.05) is 13.8 Å². The predicted octanol–water partition coefficient (Wildman–Crippen LogP) is 2.00. The van der Waals surface area contributed by atoms with Crippen molar-refractivity contribution in [2.45, 2.75) is 25.3 Å². The van der Waals surface area contributed by atoms with Crippen LogP contribution >= 0.6 is 0 Å². The third kappa shape index (κ3) is 3.47. The zero-order valence-electron chi connectivity index (χ0n) is 14.1. The molecule has 0 aliphatic carbocycles. The third-order valence-electron chi connectivity index (χ3n) is 3.95. The fourth-order valence-electron chi connectivity index (χ4n) is 2.58. The molecule has 0 atom stereocenters. The lowest BCUT2D eigenvalue weighted by molar-refractivity contribution is 0.445. The number of aromatic amines is 1. The first kappa shape index (κ1) is 17.3. The number of aromatic nitrogens is 4. The first-order valence-corrected chi connectivity index (χ1v) is 9.47. The number of benzene rings is 1. The maximum absolute atomic E-state index is 12.5. The van der Waals surface area contributed by atoms with Crippen molar-refractivity contribution in [1.82, 2.24) is 24.2 Å². The highest BCUT2D eigenvalue weighted by atomic mass is 32.2. The van der Waals surface area contributed by atoms with Gasteiger partial charge in [0, 0.05) is 19.6 Å². The number of anilines is 1. The van der Waals surface area contributed by atoms with Crippen molar-refractivity contribution in [3.63, 3.8) is 0 Å². The Balaban J connectivity index is 1.74. The summed E-state index contributed by atoms with van der Waals surface area (Å²) in [5.41, 5.74) is 2.28. The average Bonchev–Trinajstić information content (AvgIpc) is 3.10. The number of nitrogens with one attached hydrogen (secondary N) is 2. The van der Waals surface area contributed by atoms with Crippen LogP contribution in [-0.4, -0.2) is 45.7 Å². The Kier molecular flexibility index (Phi) is 4.95. The van der Waals surface area contributed by atoms with Crippen LogP contribution in [0.1, 0.15) is 19.4 Å². The number of hydrogen-bond acceptors (Lipinski definition) is 6. The molecule has 3 aromatic rings. The van der Waals surface area contributed by atoms with Gasteiger partial charge in [0.15, 0.2) is 11.5 Å². The van der Waals surface area contributed by atoms with E-state index in [1.165, 1.54) is 10.6 Å². The highest BCUT2D eigenvalue weighted by Crippen LogP contribution is 2.18. The lowest BCUT2D eigenvalue weighted by Gasteiger charge is -2.18. The van der Waals surface area contributed by atoms with Crippen molar-refractivity contribution in [2.75, 3.05) is 18.4 Å². The molecule has 0 saturated carbocycles. The van der Waals surface area contributed by atoms with E-state index in [0.29, 0.717) is 36.0 Å². The number of H-pyrrole nitrogens is 1. The van der Waals surface area contributed by atoms with Crippen LogP contribution in [-0.2, 0) is 16.6 Å². The molecule has 9 heteroatoms. The summed E-state index contributed by atoms with van der Waals surface area (Å²) < 4.78 is 26.4. The van der Waals surface area contributed by atoms with Crippen molar-refractivity contribution in [1.29, 1.82) is 0 Å². The van der Waals surface area contributed by atoms with E-state index in [0.717, 1.165) is 11.1 Å². The van der Waals surface area contributed by atoms with Gasteiger partial charge in [-0.15, -0.1) is 0 Å². The summed E-state index contributed by atoms with van der Waals surface area (Å²) in [7, 11) is -3.43. The van der Waals surface area contributed by atoms with E-state index in [-0.39, 0.29) is 0 Å². The van der Waals surface area contributed by atoms with Crippen LogP contribution in [0.4, 0.5) is 5.82 Å². The number of sulfonamides is 1. The predicted molar refractivity (Wildman–Crippen MR) is 95.6 cm³/mol. The van der Waals surface area contributed by atoms with Crippen LogP contribution in [0.5, 0.6) is 0 Å². The van der Waals surface area contributed by atoms with Crippen LogP contribution in [0.2, 0.25) is 0 Å². The zero-order valence-corrected chi connectivity index (χ0v) is 14.9. The largest absolute Gasteiger partial charge is 0.364 e. The normalized spacial score (nSPS) is 12.0. The van der Waals surface area contributed by atoms with Gasteiger partial charge in [-0.05, 0) is 17.7 Å². The van der Waals surface area contributed by atoms with Crippen molar-refractivity contribution >= 4 is 27.0 Å². The third-order valence-corrected chi connectivity index (χ3v) is 6.01. The van der Waals surface area contributed by atoms with Crippen molar-refractivity contribution in [3.8, 4) is 0 Å². The lowest BCUT2D eigenvalue weighted by Crippen LogP contribution is -2.30. The minimum Gasteiger partial charge on any atom is -0.364 e. The fourth-order valence-corrected chi connectivity index (χ4v) is 4.03. The SMILES string of the molecule is CCN(CC)S(=O)(=O)c1ccc(CNc2ncnc3nc[nH]c23)cc1. The fraction of sp³-hybridized carbons (Fsp3) is 0.312. The van der Waals surface area contributed by atoms with E-state index in [9.17, 15) is 8.42 Å². The Hall–Kier alpha value is -2.52. The molecule has 0 fully saturated rings. The molecule has 0 unspecified atom stereocenters. The summed E-state index contributed by atoms with van der Waals surface area (Å²) in [6, 6.07) is 6.87. The summed E-state index contributed by atoms with van der Waals surface area (Å²) in [6.07, 6.45) is 3.02. The standard InChI is InChI=1S/C16H20N6O2S/c1-3-22(4-2)25(23,24)13-7-5-12(6-8-13)9-17-15-14-16(19-10-18-14)21-11-20-15/h5-8,10-11H,3-4,9H2,1-2H3,(H2,17,18,19,20,21). The maximum atomic E-state index is 12.5. The van der Waals surface area contributed by atoms with Crippen LogP contribution in [0.25, 0.3) is 11.2 Å². The molecule has 132 valence electrons. The van der Waals surface area contributed by atoms with Gasteiger partial charge in [0.2, 0.25) is 10.0 Å². The topological polar surface area (TPSA) is 104 Å². The van der Waals surface area contributed by atoms with Gasteiger partial charge in [-0.1, -0.05) is 26.0 Å². The summed E-state index contributed by atoms with van der Waals surface area (Å²) in [5, 5.41) is 3.21. The second-order valence-corrected chi connectivity index (χ2v) is 7.35. The highest BCUT2D eigenvalue weighted by Gasteiger charge is 2.21. The summed E-state index contributed by atoms with van der Waals surface area (Å²) >= 11 is 0. The summed E-state index contributed by atoms with van der Waals surface area (Å²) in [5.74, 6) is 0.655. The zero-order chi connectivity index (χ0) is 17.9. The van der Waals surface area contributed by atoms with Crippen molar-refractivity contribution < 1.29 is 8.42 Å². The Morgan fingerprint density at radius 2 is 1.80 bits per heavy atom. The van der Waals surface area contributed by atoms with Crippen LogP contribution in [0.3, 0.4) is 0 Å². The maximum Gasteiger partial charge on any atom is 0.243 e. The van der Waals surface area contributed by atoms with Gasteiger partial charge in [0.1, 0.15) is 11.8 Å². The molecule has 25 heavy (non-hydrogen) atoms. The van der Waals surface area contributed by atoms with Gasteiger partial charge in [-0.2, -0.15) is 4.31 Å². The van der Waals surface area contributed by atoms with Crippen LogP contribution in [0.15, 0.2) is 41.8 Å². The number of hydrogen-bond donors (Lipinski definition) is 2. The Bertz CT molecular complexity index is 948. The van der Waals surface area contributed by atoms with Gasteiger partial charge < -0.3 is 10.3 Å².